The van der Waals surface area contributed by atoms with Gasteiger partial charge in [0, 0.05) is 37.7 Å². The molecule has 7 nitrogen and oxygen atoms in total. The molecule has 0 fully saturated rings. The third-order valence-electron chi connectivity index (χ3n) is 4.97. The second-order valence-electron chi connectivity index (χ2n) is 7.19. The first-order chi connectivity index (χ1) is 15.1. The number of nitrogens with zero attached hydrogens (tertiary/aromatic N) is 3. The molecule has 0 saturated carbocycles. The number of aromatic nitrogens is 2. The van der Waals surface area contributed by atoms with E-state index in [1.807, 2.05) is 5.32 Å². The van der Waals surface area contributed by atoms with Gasteiger partial charge in [0.25, 0.3) is 0 Å². The first-order valence-corrected chi connectivity index (χ1v) is 9.33. The van der Waals surface area contributed by atoms with Gasteiger partial charge < -0.3 is 10.2 Å². The average molecular weight is 440 g/mol. The summed E-state index contributed by atoms with van der Waals surface area (Å²) in [6, 6.07) is 8.72. The number of nitrogens with one attached hydrogen (secondary N) is 1. The van der Waals surface area contributed by atoms with Crippen LogP contribution in [0.1, 0.15) is 32.1 Å². The molecule has 10 heteroatoms. The van der Waals surface area contributed by atoms with Crippen LogP contribution in [0.25, 0.3) is 11.1 Å². The molecule has 1 aromatic carbocycles. The molecule has 0 atom stereocenters. The summed E-state index contributed by atoms with van der Waals surface area (Å²) < 4.78 is 38.4. The predicted molar refractivity (Wildman–Crippen MR) is 110 cm³/mol. The zero-order chi connectivity index (χ0) is 23.2. The van der Waals surface area contributed by atoms with Gasteiger partial charge in [0.1, 0.15) is 11.4 Å². The van der Waals surface area contributed by atoms with Crippen LogP contribution in [0, 0.1) is 0 Å². The molecule has 2 heterocycles. The van der Waals surface area contributed by atoms with Crippen molar-refractivity contribution in [3.63, 3.8) is 0 Å². The van der Waals surface area contributed by atoms with Gasteiger partial charge in [-0.3, -0.25) is 24.4 Å². The van der Waals surface area contributed by atoms with Crippen LogP contribution in [0.3, 0.4) is 0 Å². The van der Waals surface area contributed by atoms with Crippen molar-refractivity contribution in [3.8, 4) is 11.1 Å². The number of carbonyl (C=O) groups excluding carboxylic acids is 3. The summed E-state index contributed by atoms with van der Waals surface area (Å²) in [6.45, 7) is 0. The molecule has 0 aliphatic heterocycles. The van der Waals surface area contributed by atoms with Crippen LogP contribution < -0.4 is 10.2 Å². The standard InChI is InChI=1S/C22H15F3N4O3/c1-29(2)14-8-10-27-18-16(14)19(30)15-12(7-9-26-17(15)20(18)31)11-5-3-4-6-13(11)28-21(32)22(23,24)25/h3-10H,1-2H3,(H,28,32). The van der Waals surface area contributed by atoms with Crippen LogP contribution in [-0.4, -0.2) is 47.7 Å². The highest BCUT2D eigenvalue weighted by Gasteiger charge is 2.40. The maximum absolute atomic E-state index is 13.5. The molecule has 1 aliphatic rings. The quantitative estimate of drug-likeness (QED) is 0.525. The van der Waals surface area contributed by atoms with E-state index in [9.17, 15) is 27.6 Å². The molecular formula is C22H15F3N4O3. The maximum atomic E-state index is 13.5. The van der Waals surface area contributed by atoms with E-state index >= 15 is 0 Å². The summed E-state index contributed by atoms with van der Waals surface area (Å²) in [5.74, 6) is -3.26. The number of alkyl halides is 3. The van der Waals surface area contributed by atoms with Crippen LogP contribution in [0.2, 0.25) is 0 Å². The van der Waals surface area contributed by atoms with Crippen LogP contribution in [0.4, 0.5) is 24.5 Å². The van der Waals surface area contributed by atoms with Gasteiger partial charge in [-0.2, -0.15) is 13.2 Å². The third-order valence-corrected chi connectivity index (χ3v) is 4.97. The fourth-order valence-electron chi connectivity index (χ4n) is 3.57. The largest absolute Gasteiger partial charge is 0.471 e. The van der Waals surface area contributed by atoms with E-state index in [2.05, 4.69) is 9.97 Å². The summed E-state index contributed by atoms with van der Waals surface area (Å²) in [5, 5.41) is 1.83. The molecule has 0 spiro atoms. The van der Waals surface area contributed by atoms with Gasteiger partial charge in [-0.05, 0) is 23.8 Å². The van der Waals surface area contributed by atoms with Gasteiger partial charge >= 0.3 is 12.1 Å². The van der Waals surface area contributed by atoms with Crippen molar-refractivity contribution in [3.05, 3.63) is 71.3 Å². The van der Waals surface area contributed by atoms with E-state index < -0.39 is 23.6 Å². The van der Waals surface area contributed by atoms with E-state index in [4.69, 9.17) is 0 Å². The van der Waals surface area contributed by atoms with Crippen LogP contribution in [-0.2, 0) is 4.79 Å². The Morgan fingerprint density at radius 3 is 2.16 bits per heavy atom. The van der Waals surface area contributed by atoms with Crippen molar-refractivity contribution in [2.45, 2.75) is 6.18 Å². The van der Waals surface area contributed by atoms with Gasteiger partial charge in [0.2, 0.25) is 5.78 Å². The number of pyridine rings is 2. The zero-order valence-corrected chi connectivity index (χ0v) is 16.8. The zero-order valence-electron chi connectivity index (χ0n) is 16.8. The third kappa shape index (κ3) is 3.39. The van der Waals surface area contributed by atoms with Crippen molar-refractivity contribution >= 4 is 28.8 Å². The van der Waals surface area contributed by atoms with Crippen LogP contribution in [0.5, 0.6) is 0 Å². The SMILES string of the molecule is CN(C)c1ccnc2c1C(=O)c1c(-c3ccccc3NC(=O)C(F)(F)F)ccnc1C2=O. The highest BCUT2D eigenvalue weighted by Crippen LogP contribution is 2.38. The van der Waals surface area contributed by atoms with Gasteiger partial charge in [0.05, 0.1) is 16.8 Å². The molecule has 32 heavy (non-hydrogen) atoms. The number of hydrogen-bond acceptors (Lipinski definition) is 6. The van der Waals surface area contributed by atoms with Crippen molar-refractivity contribution in [2.24, 2.45) is 0 Å². The minimum Gasteiger partial charge on any atom is -0.377 e. The summed E-state index contributed by atoms with van der Waals surface area (Å²) >= 11 is 0. The Bertz CT molecular complexity index is 1290. The number of halogens is 3. The summed E-state index contributed by atoms with van der Waals surface area (Å²) in [7, 11) is 3.41. The van der Waals surface area contributed by atoms with Crippen molar-refractivity contribution in [1.82, 2.24) is 9.97 Å². The Morgan fingerprint density at radius 1 is 0.875 bits per heavy atom. The first-order valence-electron chi connectivity index (χ1n) is 9.33. The second kappa shape index (κ2) is 7.56. The minimum absolute atomic E-state index is 0.0444. The molecule has 162 valence electrons. The van der Waals surface area contributed by atoms with E-state index in [-0.39, 0.29) is 39.3 Å². The second-order valence-corrected chi connectivity index (χ2v) is 7.19. The van der Waals surface area contributed by atoms with Gasteiger partial charge in [-0.15, -0.1) is 0 Å². The lowest BCUT2D eigenvalue weighted by molar-refractivity contribution is -0.167. The Kier molecular flexibility index (Phi) is 5.00. The molecule has 1 N–H and O–H groups in total. The van der Waals surface area contributed by atoms with Crippen molar-refractivity contribution in [1.29, 1.82) is 0 Å². The lowest BCUT2D eigenvalue weighted by atomic mass is 9.84. The van der Waals surface area contributed by atoms with Crippen molar-refractivity contribution in [2.75, 3.05) is 24.3 Å². The topological polar surface area (TPSA) is 92.3 Å². The van der Waals surface area contributed by atoms with Gasteiger partial charge in [-0.1, -0.05) is 18.2 Å². The molecule has 1 amide bonds. The Hall–Kier alpha value is -4.08. The molecule has 0 radical (unpaired) electrons. The van der Waals surface area contributed by atoms with Crippen LogP contribution in [0.15, 0.2) is 48.8 Å². The average Bonchev–Trinajstić information content (AvgIpc) is 2.76. The summed E-state index contributed by atoms with van der Waals surface area (Å²) in [5.41, 5.74) is 0.447. The number of para-hydroxylation sites is 1. The smallest absolute Gasteiger partial charge is 0.377 e. The highest BCUT2D eigenvalue weighted by atomic mass is 19.4. The molecule has 0 saturated heterocycles. The fraction of sp³-hybridized carbons (Fsp3) is 0.136. The number of hydrogen-bond donors (Lipinski definition) is 1. The number of rotatable bonds is 3. The molecule has 3 aromatic rings. The molecule has 2 aromatic heterocycles. The maximum Gasteiger partial charge on any atom is 0.471 e. The lowest BCUT2D eigenvalue weighted by Crippen LogP contribution is -2.30. The molecule has 0 bridgehead atoms. The van der Waals surface area contributed by atoms with Gasteiger partial charge in [-0.25, -0.2) is 0 Å². The number of carbonyl (C=O) groups is 3. The molecular weight excluding hydrogens is 425 g/mol. The number of ketones is 2. The number of benzene rings is 1. The molecule has 1 aliphatic carbocycles. The Balaban J connectivity index is 1.92. The number of fused-ring (bicyclic) bond motifs is 2. The first kappa shape index (κ1) is 21.2. The van der Waals surface area contributed by atoms with Gasteiger partial charge in [0.15, 0.2) is 5.78 Å². The minimum atomic E-state index is -5.10. The van der Waals surface area contributed by atoms with E-state index in [1.165, 1.54) is 36.7 Å². The van der Waals surface area contributed by atoms with E-state index in [0.29, 0.717) is 5.69 Å². The van der Waals surface area contributed by atoms with E-state index in [0.717, 1.165) is 0 Å². The molecule has 4 rings (SSSR count). The van der Waals surface area contributed by atoms with Crippen LogP contribution >= 0.6 is 0 Å². The summed E-state index contributed by atoms with van der Waals surface area (Å²) in [6.07, 6.45) is -2.40. The highest BCUT2D eigenvalue weighted by molar-refractivity contribution is 6.30. The van der Waals surface area contributed by atoms with E-state index in [1.54, 1.807) is 31.1 Å². The Labute approximate surface area is 179 Å². The monoisotopic (exact) mass is 440 g/mol. The predicted octanol–water partition coefficient (Wildman–Crippen LogP) is 3.49. The fourth-order valence-corrected chi connectivity index (χ4v) is 3.57. The number of anilines is 2. The summed E-state index contributed by atoms with van der Waals surface area (Å²) in [4.78, 5) is 47.9. The van der Waals surface area contributed by atoms with Crippen molar-refractivity contribution < 1.29 is 27.6 Å². The lowest BCUT2D eigenvalue weighted by Gasteiger charge is -2.24. The Morgan fingerprint density at radius 2 is 1.50 bits per heavy atom. The molecule has 0 unspecified atom stereocenters. The number of amides is 1. The normalized spacial score (nSPS) is 12.8.